The van der Waals surface area contributed by atoms with Crippen molar-refractivity contribution in [1.82, 2.24) is 0 Å². The molecule has 2 atom stereocenters. The standard InChI is InChI=1S/C4H6O6.2K.H/c5-1(3(7)8)2(6)4(9)10;;;/h1-2,5-6H,(H,7,8)(H,9,10);;;/q;2*+1;-1/p+1. The molecule has 0 saturated heterocycles. The Bertz CT molecular complexity index is 150. The van der Waals surface area contributed by atoms with E-state index in [1.54, 1.807) is 0 Å². The van der Waals surface area contributed by atoms with E-state index in [1.807, 2.05) is 0 Å². The number of carbonyl (C=O) groups is 2. The molecule has 0 amide bonds. The van der Waals surface area contributed by atoms with Crippen LogP contribution in [0.15, 0.2) is 0 Å². The third-order valence-corrected chi connectivity index (χ3v) is 0.805. The second kappa shape index (κ2) is 9.68. The molecule has 0 heterocycles. The number of aliphatic hydroxyl groups excluding tert-OH is 2. The van der Waals surface area contributed by atoms with Crippen molar-refractivity contribution in [2.24, 2.45) is 0 Å². The van der Waals surface area contributed by atoms with Crippen LogP contribution in [-0.4, -0.2) is 44.6 Å². The second-order valence-electron chi connectivity index (χ2n) is 1.57. The molecule has 0 fully saturated rings. The fourth-order valence-electron chi connectivity index (χ4n) is 0.270. The van der Waals surface area contributed by atoms with Crippen molar-refractivity contribution in [3.8, 4) is 0 Å². The Labute approximate surface area is 156 Å². The maximum atomic E-state index is 9.77. The van der Waals surface area contributed by atoms with E-state index < -0.39 is 24.1 Å². The van der Waals surface area contributed by atoms with Crippen LogP contribution in [0.4, 0.5) is 0 Å². The first kappa shape index (κ1) is 19.7. The molecule has 0 aromatic rings. The van der Waals surface area contributed by atoms with Gasteiger partial charge in [0.2, 0.25) is 0 Å². The van der Waals surface area contributed by atoms with Gasteiger partial charge in [-0.25, -0.2) is 9.59 Å². The maximum Gasteiger partial charge on any atom is 1.00 e. The summed E-state index contributed by atoms with van der Waals surface area (Å²) in [7, 11) is 0. The molecule has 0 bridgehead atoms. The molecular formula is C4H8K2O6+2. The van der Waals surface area contributed by atoms with Gasteiger partial charge in [-0.3, -0.25) is 0 Å². The zero-order valence-electron chi connectivity index (χ0n) is 8.76. The molecule has 0 aromatic carbocycles. The van der Waals surface area contributed by atoms with Gasteiger partial charge in [-0.2, -0.15) is 0 Å². The van der Waals surface area contributed by atoms with Gasteiger partial charge in [-0.05, 0) is 0 Å². The molecule has 0 rings (SSSR count). The minimum atomic E-state index is -2.27. The number of rotatable bonds is 3. The predicted molar refractivity (Wildman–Crippen MR) is 29.5 cm³/mol. The van der Waals surface area contributed by atoms with Gasteiger partial charge in [0.25, 0.3) is 0 Å². The molecule has 8 heteroatoms. The molecule has 6 nitrogen and oxygen atoms in total. The van der Waals surface area contributed by atoms with E-state index >= 15 is 0 Å². The summed E-state index contributed by atoms with van der Waals surface area (Å²) >= 11 is 0. The van der Waals surface area contributed by atoms with Crippen molar-refractivity contribution < 1.29 is 136 Å². The fourth-order valence-corrected chi connectivity index (χ4v) is 0.270. The third-order valence-electron chi connectivity index (χ3n) is 0.805. The average molecular weight is 230 g/mol. The van der Waals surface area contributed by atoms with E-state index in [2.05, 4.69) is 0 Å². The van der Waals surface area contributed by atoms with E-state index in [4.69, 9.17) is 20.4 Å². The van der Waals surface area contributed by atoms with Crippen LogP contribution in [0.2, 0.25) is 0 Å². The SMILES string of the molecule is O=C(O)C(O)C(O)C(=O)O.[H+].[H-].[K+].[K+]. The zero-order valence-corrected chi connectivity index (χ0v) is 13.0. The minimum absolute atomic E-state index is 0. The van der Waals surface area contributed by atoms with Crippen molar-refractivity contribution in [1.29, 1.82) is 0 Å². The number of carboxylic acid groups (broad SMARTS) is 2. The molecule has 12 heavy (non-hydrogen) atoms. The fraction of sp³-hybridized carbons (Fsp3) is 0.500. The molecule has 0 aliphatic carbocycles. The summed E-state index contributed by atoms with van der Waals surface area (Å²) in [5.74, 6) is -3.54. The molecule has 0 spiro atoms. The van der Waals surface area contributed by atoms with Crippen molar-refractivity contribution in [2.75, 3.05) is 0 Å². The number of hydrogen-bond acceptors (Lipinski definition) is 4. The van der Waals surface area contributed by atoms with Gasteiger partial charge in [0, 0.05) is 0 Å². The van der Waals surface area contributed by atoms with Crippen LogP contribution in [0.1, 0.15) is 2.85 Å². The van der Waals surface area contributed by atoms with Crippen LogP contribution in [0.5, 0.6) is 0 Å². The Kier molecular flexibility index (Phi) is 15.9. The van der Waals surface area contributed by atoms with E-state index in [9.17, 15) is 9.59 Å². The topological polar surface area (TPSA) is 115 Å². The second-order valence-corrected chi connectivity index (χ2v) is 1.57. The van der Waals surface area contributed by atoms with Crippen molar-refractivity contribution in [3.63, 3.8) is 0 Å². The molecular weight excluding hydrogens is 222 g/mol. The van der Waals surface area contributed by atoms with Gasteiger partial charge < -0.3 is 21.9 Å². The smallest absolute Gasteiger partial charge is 1.00 e. The monoisotopic (exact) mass is 230 g/mol. The number of carboxylic acids is 2. The quantitative estimate of drug-likeness (QED) is 0.358. The first-order valence-corrected chi connectivity index (χ1v) is 2.28. The molecule has 4 N–H and O–H groups in total. The summed E-state index contributed by atoms with van der Waals surface area (Å²) in [5.41, 5.74) is 0. The Balaban J connectivity index is -0.0000000675. The Hall–Kier alpha value is 2.13. The minimum Gasteiger partial charge on any atom is -1.00 e. The van der Waals surface area contributed by atoms with Crippen molar-refractivity contribution >= 4 is 11.9 Å². The number of aliphatic carboxylic acids is 2. The molecule has 60 valence electrons. The van der Waals surface area contributed by atoms with Crippen molar-refractivity contribution in [2.45, 2.75) is 12.2 Å². The van der Waals surface area contributed by atoms with Crippen LogP contribution in [0, 0.1) is 0 Å². The maximum absolute atomic E-state index is 9.77. The molecule has 0 aliphatic rings. The first-order chi connectivity index (χ1) is 4.46. The summed E-state index contributed by atoms with van der Waals surface area (Å²) in [6.07, 6.45) is -4.53. The van der Waals surface area contributed by atoms with Gasteiger partial charge >= 0.3 is 116 Å². The normalized spacial score (nSPS) is 13.2. The molecule has 0 saturated carbocycles. The van der Waals surface area contributed by atoms with Gasteiger partial charge in [-0.1, -0.05) is 0 Å². The zero-order chi connectivity index (χ0) is 8.31. The largest absolute Gasteiger partial charge is 1.00 e. The van der Waals surface area contributed by atoms with Gasteiger partial charge in [0.1, 0.15) is 0 Å². The predicted octanol–water partition coefficient (Wildman–Crippen LogP) is -7.89. The summed E-state index contributed by atoms with van der Waals surface area (Å²) in [4.78, 5) is 19.5. The Morgan fingerprint density at radius 2 is 1.17 bits per heavy atom. The van der Waals surface area contributed by atoms with Crippen LogP contribution in [0.3, 0.4) is 0 Å². The summed E-state index contributed by atoms with van der Waals surface area (Å²) in [5, 5.41) is 32.5. The summed E-state index contributed by atoms with van der Waals surface area (Å²) < 4.78 is 0. The number of aliphatic hydroxyl groups is 2. The van der Waals surface area contributed by atoms with Gasteiger partial charge in [0.15, 0.2) is 12.2 Å². The number of hydrogen-bond donors (Lipinski definition) is 4. The van der Waals surface area contributed by atoms with E-state index in [1.165, 1.54) is 0 Å². The van der Waals surface area contributed by atoms with Crippen LogP contribution < -0.4 is 103 Å². The first-order valence-electron chi connectivity index (χ1n) is 2.28. The van der Waals surface area contributed by atoms with Crippen LogP contribution >= 0.6 is 0 Å². The van der Waals surface area contributed by atoms with Gasteiger partial charge in [0.05, 0.1) is 0 Å². The molecule has 0 aromatic heterocycles. The Morgan fingerprint density at radius 3 is 1.25 bits per heavy atom. The van der Waals surface area contributed by atoms with E-state index in [0.717, 1.165) is 0 Å². The van der Waals surface area contributed by atoms with Crippen molar-refractivity contribution in [3.05, 3.63) is 0 Å². The van der Waals surface area contributed by atoms with E-state index in [0.29, 0.717) is 0 Å². The Morgan fingerprint density at radius 1 is 1.00 bits per heavy atom. The third kappa shape index (κ3) is 7.53. The summed E-state index contributed by atoms with van der Waals surface area (Å²) in [6, 6.07) is 0. The van der Waals surface area contributed by atoms with Crippen LogP contribution in [0.25, 0.3) is 0 Å². The molecule has 0 aliphatic heterocycles. The summed E-state index contributed by atoms with van der Waals surface area (Å²) in [6.45, 7) is 0. The molecule has 2 unspecified atom stereocenters. The molecule has 0 radical (unpaired) electrons. The van der Waals surface area contributed by atoms with E-state index in [-0.39, 0.29) is 106 Å². The average Bonchev–Trinajstić information content (AvgIpc) is 1.84. The van der Waals surface area contributed by atoms with Gasteiger partial charge in [-0.15, -0.1) is 0 Å². The van der Waals surface area contributed by atoms with Crippen LogP contribution in [-0.2, 0) is 9.59 Å².